The van der Waals surface area contributed by atoms with Crippen molar-refractivity contribution >= 4 is 22.9 Å². The highest BCUT2D eigenvalue weighted by molar-refractivity contribution is 5.84. The van der Waals surface area contributed by atoms with Crippen LogP contribution in [0, 0.1) is 10.1 Å². The first-order valence-corrected chi connectivity index (χ1v) is 4.21. The first-order chi connectivity index (χ1) is 7.20. The van der Waals surface area contributed by atoms with Crippen LogP contribution >= 0.6 is 0 Å². The lowest BCUT2D eigenvalue weighted by Crippen LogP contribution is -1.90. The van der Waals surface area contributed by atoms with E-state index < -0.39 is 4.92 Å². The molecule has 0 N–H and O–H groups in total. The van der Waals surface area contributed by atoms with Crippen molar-refractivity contribution < 1.29 is 9.72 Å². The fourth-order valence-electron chi connectivity index (χ4n) is 1.31. The number of carbonyl (C=O) groups is 1. The molecule has 1 heterocycles. The Kier molecular flexibility index (Phi) is 2.13. The van der Waals surface area contributed by atoms with Gasteiger partial charge in [0.05, 0.1) is 10.4 Å². The van der Waals surface area contributed by atoms with E-state index >= 15 is 0 Å². The second kappa shape index (κ2) is 3.45. The molecule has 0 saturated carbocycles. The Labute approximate surface area is 84.5 Å². The number of benzene rings is 1. The summed E-state index contributed by atoms with van der Waals surface area (Å²) in [6.07, 6.45) is 0.640. The minimum absolute atomic E-state index is 0.0168. The number of aldehydes is 1. The van der Waals surface area contributed by atoms with E-state index in [1.807, 2.05) is 0 Å². The number of hydrogen-bond donors (Lipinski definition) is 0. The van der Waals surface area contributed by atoms with Crippen LogP contribution in [0.5, 0.6) is 0 Å². The van der Waals surface area contributed by atoms with Gasteiger partial charge in [-0.3, -0.25) is 14.9 Å². The molecule has 0 atom stereocenters. The quantitative estimate of drug-likeness (QED) is 0.424. The van der Waals surface area contributed by atoms with Crippen molar-refractivity contribution in [2.45, 2.75) is 0 Å². The summed E-state index contributed by atoms with van der Waals surface area (Å²) in [5.74, 6) is 0. The highest BCUT2D eigenvalue weighted by Gasteiger charge is 2.06. The van der Waals surface area contributed by atoms with Gasteiger partial charge in [-0.15, -0.1) is 0 Å². The number of aromatic nitrogens is 1. The van der Waals surface area contributed by atoms with E-state index in [0.29, 0.717) is 22.9 Å². The maximum Gasteiger partial charge on any atom is 0.270 e. The van der Waals surface area contributed by atoms with Crippen LogP contribution in [0.15, 0.2) is 30.3 Å². The topological polar surface area (TPSA) is 73.1 Å². The molecule has 0 aliphatic carbocycles. The van der Waals surface area contributed by atoms with Gasteiger partial charge in [0.25, 0.3) is 5.69 Å². The SMILES string of the molecule is O=Cc1ccc2cc([N+](=O)[O-])ccc2n1. The smallest absolute Gasteiger partial charge is 0.270 e. The average molecular weight is 202 g/mol. The summed E-state index contributed by atoms with van der Waals surface area (Å²) in [7, 11) is 0. The Balaban J connectivity index is 2.64. The van der Waals surface area contributed by atoms with Crippen molar-refractivity contribution in [3.63, 3.8) is 0 Å². The third-order valence-corrected chi connectivity index (χ3v) is 2.03. The van der Waals surface area contributed by atoms with E-state index in [1.165, 1.54) is 24.3 Å². The summed E-state index contributed by atoms with van der Waals surface area (Å²) < 4.78 is 0. The molecule has 2 aromatic rings. The summed E-state index contributed by atoms with van der Waals surface area (Å²) in [5, 5.41) is 11.1. The molecule has 0 fully saturated rings. The van der Waals surface area contributed by atoms with Gasteiger partial charge >= 0.3 is 0 Å². The van der Waals surface area contributed by atoms with Gasteiger partial charge in [-0.2, -0.15) is 0 Å². The zero-order valence-electron chi connectivity index (χ0n) is 7.58. The van der Waals surface area contributed by atoms with E-state index in [2.05, 4.69) is 4.98 Å². The lowest BCUT2D eigenvalue weighted by Gasteiger charge is -1.97. The van der Waals surface area contributed by atoms with E-state index in [4.69, 9.17) is 0 Å². The third-order valence-electron chi connectivity index (χ3n) is 2.03. The molecule has 0 aliphatic rings. The van der Waals surface area contributed by atoms with Crippen LogP contribution in [0.1, 0.15) is 10.5 Å². The Hall–Kier alpha value is -2.30. The predicted molar refractivity (Wildman–Crippen MR) is 53.8 cm³/mol. The van der Waals surface area contributed by atoms with Gasteiger partial charge in [-0.1, -0.05) is 6.07 Å². The second-order valence-electron chi connectivity index (χ2n) is 2.99. The monoisotopic (exact) mass is 202 g/mol. The standard InChI is InChI=1S/C10H6N2O3/c13-6-8-2-1-7-5-9(12(14)15)3-4-10(7)11-8/h1-6H. The lowest BCUT2D eigenvalue weighted by atomic mass is 10.2. The van der Waals surface area contributed by atoms with Crippen molar-refractivity contribution in [3.8, 4) is 0 Å². The molecule has 0 aliphatic heterocycles. The number of pyridine rings is 1. The van der Waals surface area contributed by atoms with Crippen molar-refractivity contribution in [1.82, 2.24) is 4.98 Å². The molecule has 15 heavy (non-hydrogen) atoms. The fraction of sp³-hybridized carbons (Fsp3) is 0. The molecule has 1 aromatic heterocycles. The maximum atomic E-state index is 10.5. The van der Waals surface area contributed by atoms with Gasteiger partial charge in [-0.05, 0) is 12.1 Å². The van der Waals surface area contributed by atoms with Crippen LogP contribution in [0.2, 0.25) is 0 Å². The number of nitro groups is 1. The summed E-state index contributed by atoms with van der Waals surface area (Å²) in [6.45, 7) is 0. The van der Waals surface area contributed by atoms with Crippen LogP contribution in [0.4, 0.5) is 5.69 Å². The van der Waals surface area contributed by atoms with Crippen LogP contribution in [0.25, 0.3) is 10.9 Å². The van der Waals surface area contributed by atoms with Gasteiger partial charge in [-0.25, -0.2) is 4.98 Å². The van der Waals surface area contributed by atoms with E-state index in [0.717, 1.165) is 0 Å². The van der Waals surface area contributed by atoms with Gasteiger partial charge in [0.1, 0.15) is 5.69 Å². The molecule has 2 rings (SSSR count). The molecule has 1 aromatic carbocycles. The van der Waals surface area contributed by atoms with Crippen LogP contribution in [-0.2, 0) is 0 Å². The summed E-state index contributed by atoms with van der Waals surface area (Å²) in [6, 6.07) is 7.49. The molecule has 5 nitrogen and oxygen atoms in total. The number of nitro benzene ring substituents is 1. The van der Waals surface area contributed by atoms with Crippen molar-refractivity contribution in [2.24, 2.45) is 0 Å². The summed E-state index contributed by atoms with van der Waals surface area (Å²) in [5.41, 5.74) is 0.907. The Morgan fingerprint density at radius 1 is 1.27 bits per heavy atom. The molecule has 0 unspecified atom stereocenters. The van der Waals surface area contributed by atoms with Gasteiger partial charge in [0.2, 0.25) is 0 Å². The molecule has 0 bridgehead atoms. The maximum absolute atomic E-state index is 10.5. The molecule has 0 saturated heterocycles. The van der Waals surface area contributed by atoms with Gasteiger partial charge in [0.15, 0.2) is 6.29 Å². The van der Waals surface area contributed by atoms with E-state index in [1.54, 1.807) is 6.07 Å². The zero-order valence-corrected chi connectivity index (χ0v) is 7.58. The zero-order chi connectivity index (χ0) is 10.8. The highest BCUT2D eigenvalue weighted by Crippen LogP contribution is 2.19. The Morgan fingerprint density at radius 2 is 2.07 bits per heavy atom. The normalized spacial score (nSPS) is 10.1. The third kappa shape index (κ3) is 1.67. The molecule has 0 radical (unpaired) electrons. The predicted octanol–water partition coefficient (Wildman–Crippen LogP) is 1.96. The van der Waals surface area contributed by atoms with Crippen LogP contribution < -0.4 is 0 Å². The van der Waals surface area contributed by atoms with Gasteiger partial charge in [0, 0.05) is 17.5 Å². The number of hydrogen-bond acceptors (Lipinski definition) is 4. The van der Waals surface area contributed by atoms with Crippen molar-refractivity contribution in [1.29, 1.82) is 0 Å². The molecule has 5 heteroatoms. The Morgan fingerprint density at radius 3 is 2.73 bits per heavy atom. The minimum Gasteiger partial charge on any atom is -0.296 e. The minimum atomic E-state index is -0.465. The summed E-state index contributed by atoms with van der Waals surface area (Å²) in [4.78, 5) is 24.5. The number of nitrogens with zero attached hydrogens (tertiary/aromatic N) is 2. The first-order valence-electron chi connectivity index (χ1n) is 4.21. The second-order valence-corrected chi connectivity index (χ2v) is 2.99. The molecule has 0 amide bonds. The number of fused-ring (bicyclic) bond motifs is 1. The number of rotatable bonds is 2. The average Bonchev–Trinajstić information content (AvgIpc) is 2.27. The van der Waals surface area contributed by atoms with E-state index in [-0.39, 0.29) is 5.69 Å². The number of carbonyl (C=O) groups excluding carboxylic acids is 1. The molecule has 74 valence electrons. The largest absolute Gasteiger partial charge is 0.296 e. The highest BCUT2D eigenvalue weighted by atomic mass is 16.6. The van der Waals surface area contributed by atoms with Crippen molar-refractivity contribution in [3.05, 3.63) is 46.1 Å². The molecular formula is C10H6N2O3. The molecular weight excluding hydrogens is 196 g/mol. The van der Waals surface area contributed by atoms with Crippen LogP contribution in [0.3, 0.4) is 0 Å². The van der Waals surface area contributed by atoms with E-state index in [9.17, 15) is 14.9 Å². The molecule has 0 spiro atoms. The summed E-state index contributed by atoms with van der Waals surface area (Å²) >= 11 is 0. The number of non-ortho nitro benzene ring substituents is 1. The van der Waals surface area contributed by atoms with Gasteiger partial charge < -0.3 is 0 Å². The lowest BCUT2D eigenvalue weighted by molar-refractivity contribution is -0.384. The first kappa shape index (κ1) is 9.26. The Bertz CT molecular complexity index is 551. The van der Waals surface area contributed by atoms with Crippen molar-refractivity contribution in [2.75, 3.05) is 0 Å². The fourth-order valence-corrected chi connectivity index (χ4v) is 1.31. The van der Waals surface area contributed by atoms with Crippen LogP contribution in [-0.4, -0.2) is 16.2 Å².